The van der Waals surface area contributed by atoms with E-state index in [0.717, 1.165) is 0 Å². The summed E-state index contributed by atoms with van der Waals surface area (Å²) >= 11 is 0. The van der Waals surface area contributed by atoms with Crippen LogP contribution in [0, 0.1) is 5.41 Å². The number of aliphatic carboxylic acids is 1. The van der Waals surface area contributed by atoms with Crippen molar-refractivity contribution in [2.75, 3.05) is 26.8 Å². The van der Waals surface area contributed by atoms with Gasteiger partial charge in [0, 0.05) is 25.8 Å². The molecule has 27 heavy (non-hydrogen) atoms. The van der Waals surface area contributed by atoms with Gasteiger partial charge in [0.05, 0.1) is 6.61 Å². The molecule has 1 aliphatic rings. The van der Waals surface area contributed by atoms with Crippen molar-refractivity contribution in [2.45, 2.75) is 12.8 Å². The average molecular weight is 369 g/mol. The number of hydrogen-bond acceptors (Lipinski definition) is 4. The molecule has 0 bridgehead atoms. The van der Waals surface area contributed by atoms with Crippen molar-refractivity contribution in [3.8, 4) is 11.5 Å². The molecular formula is C21H23NO5. The number of methoxy groups -OCH3 is 1. The maximum Gasteiger partial charge on any atom is 0.313 e. The molecule has 1 unspecified atom stereocenters. The summed E-state index contributed by atoms with van der Waals surface area (Å²) in [5.41, 5.74) is -0.581. The first kappa shape index (κ1) is 18.9. The number of amides is 1. The molecule has 1 atom stereocenters. The summed E-state index contributed by atoms with van der Waals surface area (Å²) in [6, 6.07) is 16.3. The van der Waals surface area contributed by atoms with Crippen LogP contribution in [0.15, 0.2) is 54.6 Å². The van der Waals surface area contributed by atoms with Gasteiger partial charge >= 0.3 is 5.97 Å². The molecule has 0 saturated carbocycles. The smallest absolute Gasteiger partial charge is 0.313 e. The van der Waals surface area contributed by atoms with Gasteiger partial charge in [0.15, 0.2) is 0 Å². The molecule has 2 aromatic carbocycles. The van der Waals surface area contributed by atoms with E-state index in [4.69, 9.17) is 9.47 Å². The lowest BCUT2D eigenvalue weighted by Gasteiger charge is -2.39. The van der Waals surface area contributed by atoms with Gasteiger partial charge in [0.1, 0.15) is 16.9 Å². The monoisotopic (exact) mass is 369 g/mol. The topological polar surface area (TPSA) is 76.1 Å². The van der Waals surface area contributed by atoms with E-state index in [9.17, 15) is 14.7 Å². The van der Waals surface area contributed by atoms with Crippen molar-refractivity contribution in [3.05, 3.63) is 60.2 Å². The van der Waals surface area contributed by atoms with Crippen molar-refractivity contribution >= 4 is 11.9 Å². The molecular weight excluding hydrogens is 346 g/mol. The second-order valence-corrected chi connectivity index (χ2v) is 6.79. The summed E-state index contributed by atoms with van der Waals surface area (Å²) in [4.78, 5) is 26.3. The Bertz CT molecular complexity index is 803. The zero-order chi connectivity index (χ0) is 19.3. The van der Waals surface area contributed by atoms with E-state index >= 15 is 0 Å². The fraction of sp³-hybridized carbons (Fsp3) is 0.333. The Labute approximate surface area is 158 Å². The predicted molar refractivity (Wildman–Crippen MR) is 100 cm³/mol. The van der Waals surface area contributed by atoms with Gasteiger partial charge in [0.2, 0.25) is 0 Å². The van der Waals surface area contributed by atoms with E-state index in [1.807, 2.05) is 30.3 Å². The largest absolute Gasteiger partial charge is 0.481 e. The number of nitrogens with zero attached hydrogens (tertiary/aromatic N) is 1. The molecule has 1 fully saturated rings. The molecule has 1 heterocycles. The highest BCUT2D eigenvalue weighted by Crippen LogP contribution is 2.32. The molecule has 3 rings (SSSR count). The van der Waals surface area contributed by atoms with Crippen molar-refractivity contribution in [1.82, 2.24) is 4.90 Å². The minimum Gasteiger partial charge on any atom is -0.481 e. The molecule has 2 aromatic rings. The molecule has 6 heteroatoms. The maximum atomic E-state index is 13.0. The first-order valence-electron chi connectivity index (χ1n) is 8.89. The van der Waals surface area contributed by atoms with E-state index in [2.05, 4.69) is 0 Å². The van der Waals surface area contributed by atoms with Crippen LogP contribution in [0.2, 0.25) is 0 Å². The van der Waals surface area contributed by atoms with E-state index < -0.39 is 11.4 Å². The minimum atomic E-state index is -1.05. The third-order valence-electron chi connectivity index (χ3n) is 4.80. The Morgan fingerprint density at radius 2 is 1.85 bits per heavy atom. The van der Waals surface area contributed by atoms with Crippen LogP contribution in [0.25, 0.3) is 0 Å². The lowest BCUT2D eigenvalue weighted by Crippen LogP contribution is -2.52. The number of carboxylic acids is 1. The zero-order valence-corrected chi connectivity index (χ0v) is 15.3. The molecule has 1 aliphatic heterocycles. The van der Waals surface area contributed by atoms with Gasteiger partial charge in [-0.15, -0.1) is 0 Å². The molecule has 0 spiro atoms. The Balaban J connectivity index is 1.77. The Hall–Kier alpha value is -2.86. The SMILES string of the molecule is COCC1(C(=O)O)CCCN(C(=O)c2cccc(Oc3ccccc3)c2)C1. The summed E-state index contributed by atoms with van der Waals surface area (Å²) < 4.78 is 10.9. The van der Waals surface area contributed by atoms with Gasteiger partial charge in [-0.1, -0.05) is 24.3 Å². The number of hydrogen-bond donors (Lipinski definition) is 1. The standard InChI is InChI=1S/C21H23NO5/c1-26-15-21(20(24)25)11-6-12-22(14-21)19(23)16-7-5-10-18(13-16)27-17-8-3-2-4-9-17/h2-5,7-10,13H,6,11-12,14-15H2,1H3,(H,24,25). The van der Waals surface area contributed by atoms with Crippen LogP contribution in [0.1, 0.15) is 23.2 Å². The highest BCUT2D eigenvalue weighted by molar-refractivity contribution is 5.95. The fourth-order valence-corrected chi connectivity index (χ4v) is 3.44. The molecule has 0 aliphatic carbocycles. The van der Waals surface area contributed by atoms with Crippen LogP contribution < -0.4 is 4.74 Å². The molecule has 142 valence electrons. The van der Waals surface area contributed by atoms with Crippen LogP contribution in [0.5, 0.6) is 11.5 Å². The number of benzene rings is 2. The molecule has 1 amide bonds. The third kappa shape index (κ3) is 4.28. The molecule has 0 aromatic heterocycles. The van der Waals surface area contributed by atoms with E-state index in [1.165, 1.54) is 7.11 Å². The van der Waals surface area contributed by atoms with Gasteiger partial charge in [-0.05, 0) is 43.2 Å². The summed E-state index contributed by atoms with van der Waals surface area (Å²) in [7, 11) is 1.48. The number of ether oxygens (including phenoxy) is 2. The first-order chi connectivity index (χ1) is 13.0. The van der Waals surface area contributed by atoms with Crippen LogP contribution in [-0.2, 0) is 9.53 Å². The molecule has 1 N–H and O–H groups in total. The van der Waals surface area contributed by atoms with Gasteiger partial charge in [0.25, 0.3) is 5.91 Å². The normalized spacial score (nSPS) is 19.5. The van der Waals surface area contributed by atoms with Gasteiger partial charge in [-0.2, -0.15) is 0 Å². The zero-order valence-electron chi connectivity index (χ0n) is 15.3. The summed E-state index contributed by atoms with van der Waals surface area (Å²) in [6.07, 6.45) is 1.12. The number of carboxylic acid groups (broad SMARTS) is 1. The van der Waals surface area contributed by atoms with Crippen LogP contribution in [0.4, 0.5) is 0 Å². The van der Waals surface area contributed by atoms with Crippen molar-refractivity contribution in [3.63, 3.8) is 0 Å². The molecule has 6 nitrogen and oxygen atoms in total. The van der Waals surface area contributed by atoms with E-state index in [0.29, 0.717) is 36.4 Å². The van der Waals surface area contributed by atoms with E-state index in [1.54, 1.807) is 29.2 Å². The second kappa shape index (κ2) is 8.22. The van der Waals surface area contributed by atoms with E-state index in [-0.39, 0.29) is 19.1 Å². The van der Waals surface area contributed by atoms with Crippen LogP contribution in [0.3, 0.4) is 0 Å². The lowest BCUT2D eigenvalue weighted by molar-refractivity contribution is -0.155. The fourth-order valence-electron chi connectivity index (χ4n) is 3.44. The van der Waals surface area contributed by atoms with Gasteiger partial charge in [-0.25, -0.2) is 0 Å². The number of para-hydroxylation sites is 1. The lowest BCUT2D eigenvalue weighted by atomic mass is 9.80. The Morgan fingerprint density at radius 3 is 2.56 bits per heavy atom. The number of carbonyl (C=O) groups is 2. The summed E-state index contributed by atoms with van der Waals surface area (Å²) in [5, 5.41) is 9.66. The van der Waals surface area contributed by atoms with Crippen molar-refractivity contribution in [2.24, 2.45) is 5.41 Å². The van der Waals surface area contributed by atoms with Crippen molar-refractivity contribution in [1.29, 1.82) is 0 Å². The number of likely N-dealkylation sites (tertiary alicyclic amines) is 1. The minimum absolute atomic E-state index is 0.0866. The van der Waals surface area contributed by atoms with Crippen molar-refractivity contribution < 1.29 is 24.2 Å². The maximum absolute atomic E-state index is 13.0. The highest BCUT2D eigenvalue weighted by Gasteiger charge is 2.44. The molecule has 0 radical (unpaired) electrons. The number of carbonyl (C=O) groups excluding carboxylic acids is 1. The average Bonchev–Trinajstić information content (AvgIpc) is 2.69. The Morgan fingerprint density at radius 1 is 1.11 bits per heavy atom. The first-order valence-corrected chi connectivity index (χ1v) is 8.89. The highest BCUT2D eigenvalue weighted by atomic mass is 16.5. The predicted octanol–water partition coefficient (Wildman–Crippen LogP) is 3.43. The van der Waals surface area contributed by atoms with Gasteiger partial charge < -0.3 is 19.5 Å². The van der Waals surface area contributed by atoms with Crippen LogP contribution >= 0.6 is 0 Å². The second-order valence-electron chi connectivity index (χ2n) is 6.79. The number of rotatable bonds is 6. The quantitative estimate of drug-likeness (QED) is 0.844. The summed E-state index contributed by atoms with van der Waals surface area (Å²) in [6.45, 7) is 0.753. The van der Waals surface area contributed by atoms with Crippen LogP contribution in [-0.4, -0.2) is 48.7 Å². The number of piperidine rings is 1. The van der Waals surface area contributed by atoms with Gasteiger partial charge in [-0.3, -0.25) is 9.59 Å². The summed E-state index contributed by atoms with van der Waals surface area (Å²) in [5.74, 6) is 0.119. The Kier molecular flexibility index (Phi) is 5.76. The molecule has 1 saturated heterocycles. The third-order valence-corrected chi connectivity index (χ3v) is 4.80.